The first-order chi connectivity index (χ1) is 7.38. The molecule has 1 heterocycles. The molecule has 1 aliphatic heterocycles. The Morgan fingerprint density at radius 2 is 1.93 bits per heavy atom. The van der Waals surface area contributed by atoms with Crippen LogP contribution in [0.2, 0.25) is 0 Å². The average molecular weight is 205 g/mol. The smallest absolute Gasteiger partial charge is 0.0483 e. The predicted octanol–water partition coefficient (Wildman–Crippen LogP) is 1.54. The summed E-state index contributed by atoms with van der Waals surface area (Å²) in [7, 11) is 0. The molecule has 1 fully saturated rings. The fourth-order valence-corrected chi connectivity index (χ4v) is 2.13. The molecule has 0 atom stereocenters. The van der Waals surface area contributed by atoms with Gasteiger partial charge in [0.1, 0.15) is 0 Å². The lowest BCUT2D eigenvalue weighted by atomic mass is 10.0. The molecule has 0 unspecified atom stereocenters. The Kier molecular flexibility index (Phi) is 3.75. The molecule has 82 valence electrons. The molecule has 0 spiro atoms. The van der Waals surface area contributed by atoms with E-state index >= 15 is 0 Å². The van der Waals surface area contributed by atoms with Crippen LogP contribution in [0.4, 0.5) is 0 Å². The molecule has 0 saturated carbocycles. The third kappa shape index (κ3) is 3.05. The van der Waals surface area contributed by atoms with Crippen molar-refractivity contribution >= 4 is 0 Å². The number of hydrogen-bond acceptors (Lipinski definition) is 2. The molecule has 2 rings (SSSR count). The van der Waals surface area contributed by atoms with E-state index in [1.807, 2.05) is 0 Å². The average Bonchev–Trinajstić information content (AvgIpc) is 2.23. The molecule has 15 heavy (non-hydrogen) atoms. The maximum absolute atomic E-state index is 8.88. The molecule has 2 heteroatoms. The number of nitrogens with zero attached hydrogens (tertiary/aromatic N) is 1. The second kappa shape index (κ2) is 5.29. The van der Waals surface area contributed by atoms with E-state index in [1.165, 1.54) is 24.9 Å². The topological polar surface area (TPSA) is 23.5 Å². The maximum atomic E-state index is 8.88. The Balaban J connectivity index is 1.60. The minimum absolute atomic E-state index is 0.356. The molecule has 2 nitrogen and oxygen atoms in total. The molecule has 1 N–H and O–H groups in total. The van der Waals surface area contributed by atoms with Gasteiger partial charge in [0.2, 0.25) is 0 Å². The number of aryl methyl sites for hydroxylation is 1. The number of hydrogen-bond donors (Lipinski definition) is 1. The lowest BCUT2D eigenvalue weighted by Gasteiger charge is -2.38. The molecule has 0 aliphatic carbocycles. The maximum Gasteiger partial charge on any atom is 0.0483 e. The molecule has 1 saturated heterocycles. The first-order valence-corrected chi connectivity index (χ1v) is 5.75. The summed E-state index contributed by atoms with van der Waals surface area (Å²) in [5.41, 5.74) is 1.43. The monoisotopic (exact) mass is 205 g/mol. The largest absolute Gasteiger partial charge is 0.396 e. The zero-order chi connectivity index (χ0) is 10.5. The SMILES string of the molecule is OCC1CN(CCCc2ccccc2)C1. The lowest BCUT2D eigenvalue weighted by molar-refractivity contribution is 0.0533. The van der Waals surface area contributed by atoms with E-state index in [0.29, 0.717) is 12.5 Å². The number of benzene rings is 1. The molecule has 0 amide bonds. The van der Waals surface area contributed by atoms with E-state index in [-0.39, 0.29) is 0 Å². The zero-order valence-corrected chi connectivity index (χ0v) is 9.10. The molecule has 1 aliphatic rings. The van der Waals surface area contributed by atoms with Crippen molar-refractivity contribution in [3.8, 4) is 0 Å². The van der Waals surface area contributed by atoms with Gasteiger partial charge in [-0.2, -0.15) is 0 Å². The van der Waals surface area contributed by atoms with E-state index in [2.05, 4.69) is 35.2 Å². The summed E-state index contributed by atoms with van der Waals surface area (Å²) >= 11 is 0. The first kappa shape index (κ1) is 10.7. The standard InChI is InChI=1S/C13H19NO/c15-11-13-9-14(10-13)8-4-7-12-5-2-1-3-6-12/h1-3,5-6,13,15H,4,7-11H2. The van der Waals surface area contributed by atoms with E-state index in [4.69, 9.17) is 5.11 Å². The number of aliphatic hydroxyl groups excluding tert-OH is 1. The van der Waals surface area contributed by atoms with Crippen molar-refractivity contribution < 1.29 is 5.11 Å². The third-order valence-electron chi connectivity index (χ3n) is 3.07. The van der Waals surface area contributed by atoms with E-state index in [1.54, 1.807) is 0 Å². The van der Waals surface area contributed by atoms with Crippen molar-refractivity contribution in [2.24, 2.45) is 5.92 Å². The quantitative estimate of drug-likeness (QED) is 0.788. The summed E-state index contributed by atoms with van der Waals surface area (Å²) in [6, 6.07) is 10.6. The van der Waals surface area contributed by atoms with Crippen LogP contribution in [0.3, 0.4) is 0 Å². The van der Waals surface area contributed by atoms with Crippen molar-refractivity contribution in [1.82, 2.24) is 4.90 Å². The lowest BCUT2D eigenvalue weighted by Crippen LogP contribution is -2.48. The van der Waals surface area contributed by atoms with Gasteiger partial charge in [-0.25, -0.2) is 0 Å². The van der Waals surface area contributed by atoms with Crippen LogP contribution in [0.25, 0.3) is 0 Å². The van der Waals surface area contributed by atoms with Gasteiger partial charge >= 0.3 is 0 Å². The summed E-state index contributed by atoms with van der Waals surface area (Å²) in [6.45, 7) is 3.71. The van der Waals surface area contributed by atoms with Gasteiger partial charge in [-0.05, 0) is 24.9 Å². The van der Waals surface area contributed by atoms with Crippen LogP contribution in [-0.2, 0) is 6.42 Å². The van der Waals surface area contributed by atoms with Crippen molar-refractivity contribution in [3.63, 3.8) is 0 Å². The van der Waals surface area contributed by atoms with Crippen molar-refractivity contribution in [2.75, 3.05) is 26.2 Å². The van der Waals surface area contributed by atoms with E-state index in [9.17, 15) is 0 Å². The summed E-state index contributed by atoms with van der Waals surface area (Å²) in [6.07, 6.45) is 2.39. The highest BCUT2D eigenvalue weighted by atomic mass is 16.3. The van der Waals surface area contributed by atoms with Gasteiger partial charge in [-0.1, -0.05) is 30.3 Å². The van der Waals surface area contributed by atoms with Crippen molar-refractivity contribution in [2.45, 2.75) is 12.8 Å². The summed E-state index contributed by atoms with van der Waals surface area (Å²) in [5.74, 6) is 0.543. The Morgan fingerprint density at radius 1 is 1.20 bits per heavy atom. The molecular weight excluding hydrogens is 186 g/mol. The molecular formula is C13H19NO. The Hall–Kier alpha value is -0.860. The zero-order valence-electron chi connectivity index (χ0n) is 9.10. The predicted molar refractivity (Wildman–Crippen MR) is 61.8 cm³/mol. The minimum Gasteiger partial charge on any atom is -0.396 e. The summed E-state index contributed by atoms with van der Waals surface area (Å²) < 4.78 is 0. The van der Waals surface area contributed by atoms with Crippen LogP contribution in [-0.4, -0.2) is 36.2 Å². The fraction of sp³-hybridized carbons (Fsp3) is 0.538. The fourth-order valence-electron chi connectivity index (χ4n) is 2.13. The van der Waals surface area contributed by atoms with Gasteiger partial charge in [0.15, 0.2) is 0 Å². The normalized spacial score (nSPS) is 17.7. The van der Waals surface area contributed by atoms with Gasteiger partial charge < -0.3 is 10.0 Å². The number of likely N-dealkylation sites (tertiary alicyclic amines) is 1. The first-order valence-electron chi connectivity index (χ1n) is 5.75. The van der Waals surface area contributed by atoms with Gasteiger partial charge in [0.05, 0.1) is 0 Å². The Bertz CT molecular complexity index is 280. The highest BCUT2D eigenvalue weighted by molar-refractivity contribution is 5.14. The van der Waals surface area contributed by atoms with Crippen LogP contribution < -0.4 is 0 Å². The van der Waals surface area contributed by atoms with Gasteiger partial charge in [0, 0.05) is 25.6 Å². The van der Waals surface area contributed by atoms with Crippen LogP contribution in [0.15, 0.2) is 30.3 Å². The van der Waals surface area contributed by atoms with Gasteiger partial charge in [-0.3, -0.25) is 0 Å². The second-order valence-corrected chi connectivity index (χ2v) is 4.40. The molecule has 0 bridgehead atoms. The van der Waals surface area contributed by atoms with Crippen molar-refractivity contribution in [3.05, 3.63) is 35.9 Å². The van der Waals surface area contributed by atoms with Crippen molar-refractivity contribution in [1.29, 1.82) is 0 Å². The third-order valence-corrected chi connectivity index (χ3v) is 3.07. The van der Waals surface area contributed by atoms with Crippen LogP contribution >= 0.6 is 0 Å². The van der Waals surface area contributed by atoms with Gasteiger partial charge in [-0.15, -0.1) is 0 Å². The highest BCUT2D eigenvalue weighted by Gasteiger charge is 2.24. The molecule has 1 aromatic carbocycles. The Labute approximate surface area is 91.5 Å². The second-order valence-electron chi connectivity index (χ2n) is 4.40. The Morgan fingerprint density at radius 3 is 2.60 bits per heavy atom. The minimum atomic E-state index is 0.356. The summed E-state index contributed by atoms with van der Waals surface area (Å²) in [4.78, 5) is 2.42. The van der Waals surface area contributed by atoms with E-state index < -0.39 is 0 Å². The van der Waals surface area contributed by atoms with Gasteiger partial charge in [0.25, 0.3) is 0 Å². The molecule has 0 radical (unpaired) electrons. The number of rotatable bonds is 5. The highest BCUT2D eigenvalue weighted by Crippen LogP contribution is 2.15. The van der Waals surface area contributed by atoms with Crippen LogP contribution in [0.1, 0.15) is 12.0 Å². The van der Waals surface area contributed by atoms with E-state index in [0.717, 1.165) is 13.1 Å². The number of aliphatic hydroxyl groups is 1. The summed E-state index contributed by atoms with van der Waals surface area (Å²) in [5, 5.41) is 8.88. The molecule has 1 aromatic rings. The van der Waals surface area contributed by atoms with Crippen LogP contribution in [0.5, 0.6) is 0 Å². The van der Waals surface area contributed by atoms with Crippen LogP contribution in [0, 0.1) is 5.92 Å². The molecule has 0 aromatic heterocycles.